The number of aliphatic hydroxyl groups is 1. The number of nitrogens with one attached hydrogen (secondary N) is 1. The minimum atomic E-state index is -0.581. The summed E-state index contributed by atoms with van der Waals surface area (Å²) in [6.07, 6.45) is 1.46. The van der Waals surface area contributed by atoms with E-state index in [1.165, 1.54) is 6.07 Å². The van der Waals surface area contributed by atoms with E-state index in [9.17, 15) is 14.3 Å². The van der Waals surface area contributed by atoms with Gasteiger partial charge in [0.25, 0.3) is 0 Å². The lowest BCUT2D eigenvalue weighted by atomic mass is 9.78. The molecule has 0 aliphatic rings. The van der Waals surface area contributed by atoms with Gasteiger partial charge in [-0.2, -0.15) is 0 Å². The highest BCUT2D eigenvalue weighted by Crippen LogP contribution is 2.32. The molecular formula is C18H27BrFNO3. The van der Waals surface area contributed by atoms with Crippen molar-refractivity contribution in [3.63, 3.8) is 0 Å². The summed E-state index contributed by atoms with van der Waals surface area (Å²) in [7, 11) is 0. The highest BCUT2D eigenvalue weighted by Gasteiger charge is 2.31. The highest BCUT2D eigenvalue weighted by molar-refractivity contribution is 9.10. The average Bonchev–Trinajstić information content (AvgIpc) is 2.48. The van der Waals surface area contributed by atoms with Crippen LogP contribution in [0.25, 0.3) is 0 Å². The molecule has 1 aromatic rings. The Kier molecular flexibility index (Phi) is 7.67. The Morgan fingerprint density at radius 2 is 2.04 bits per heavy atom. The Balaban J connectivity index is 2.89. The Hall–Kier alpha value is -1.14. The third-order valence-electron chi connectivity index (χ3n) is 3.72. The number of carbonyl (C=O) groups is 1. The summed E-state index contributed by atoms with van der Waals surface area (Å²) in [4.78, 5) is 11.9. The van der Waals surface area contributed by atoms with E-state index in [0.29, 0.717) is 17.3 Å². The van der Waals surface area contributed by atoms with Crippen LogP contribution in [-0.2, 0) is 11.2 Å². The molecular weight excluding hydrogens is 377 g/mol. The van der Waals surface area contributed by atoms with Crippen LogP contribution in [0, 0.1) is 11.2 Å². The zero-order valence-electron chi connectivity index (χ0n) is 14.8. The number of alkyl carbamates (subject to hydrolysis) is 1. The maximum absolute atomic E-state index is 13.7. The molecule has 0 aliphatic heterocycles. The van der Waals surface area contributed by atoms with E-state index >= 15 is 0 Å². The van der Waals surface area contributed by atoms with Crippen molar-refractivity contribution in [1.82, 2.24) is 5.32 Å². The van der Waals surface area contributed by atoms with Gasteiger partial charge in [-0.1, -0.05) is 25.5 Å². The lowest BCUT2D eigenvalue weighted by Gasteiger charge is -2.33. The number of hydrogen-bond acceptors (Lipinski definition) is 3. The number of halogens is 2. The summed E-state index contributed by atoms with van der Waals surface area (Å²) in [5.41, 5.74) is -0.381. The quantitative estimate of drug-likeness (QED) is 0.707. The second-order valence-corrected chi connectivity index (χ2v) is 7.95. The largest absolute Gasteiger partial charge is 0.444 e. The lowest BCUT2D eigenvalue weighted by Crippen LogP contribution is -2.43. The van der Waals surface area contributed by atoms with E-state index in [2.05, 4.69) is 21.2 Å². The fraction of sp³-hybridized carbons (Fsp3) is 0.611. The monoisotopic (exact) mass is 403 g/mol. The van der Waals surface area contributed by atoms with Crippen molar-refractivity contribution in [2.24, 2.45) is 5.41 Å². The molecule has 0 radical (unpaired) electrons. The number of rotatable bonds is 7. The van der Waals surface area contributed by atoms with E-state index < -0.39 is 17.1 Å². The van der Waals surface area contributed by atoms with Crippen molar-refractivity contribution >= 4 is 22.0 Å². The van der Waals surface area contributed by atoms with Gasteiger partial charge in [0.1, 0.15) is 11.4 Å². The molecule has 1 aromatic carbocycles. The molecule has 6 heteroatoms. The minimum Gasteiger partial charge on any atom is -0.444 e. The maximum atomic E-state index is 13.7. The highest BCUT2D eigenvalue weighted by atomic mass is 79.9. The zero-order chi connectivity index (χ0) is 18.4. The Labute approximate surface area is 151 Å². The van der Waals surface area contributed by atoms with E-state index in [1.807, 2.05) is 13.0 Å². The van der Waals surface area contributed by atoms with Crippen molar-refractivity contribution in [1.29, 1.82) is 0 Å². The molecule has 0 saturated carbocycles. The second-order valence-electron chi connectivity index (χ2n) is 7.15. The van der Waals surface area contributed by atoms with Crippen molar-refractivity contribution < 1.29 is 19.0 Å². The van der Waals surface area contributed by atoms with Crippen LogP contribution in [0.2, 0.25) is 0 Å². The van der Waals surface area contributed by atoms with E-state index in [4.69, 9.17) is 4.74 Å². The molecule has 0 fully saturated rings. The average molecular weight is 404 g/mol. The third-order valence-corrected chi connectivity index (χ3v) is 4.61. The van der Waals surface area contributed by atoms with Crippen molar-refractivity contribution in [2.45, 2.75) is 52.6 Å². The summed E-state index contributed by atoms with van der Waals surface area (Å²) >= 11 is 3.26. The second kappa shape index (κ2) is 8.81. The van der Waals surface area contributed by atoms with Gasteiger partial charge in [0, 0.05) is 12.0 Å². The topological polar surface area (TPSA) is 58.6 Å². The fourth-order valence-electron chi connectivity index (χ4n) is 2.62. The molecule has 0 heterocycles. The molecule has 0 spiro atoms. The molecule has 0 bridgehead atoms. The van der Waals surface area contributed by atoms with E-state index in [0.717, 1.165) is 12.0 Å². The number of carbonyl (C=O) groups excluding carboxylic acids is 1. The van der Waals surface area contributed by atoms with E-state index in [-0.39, 0.29) is 19.0 Å². The SMILES string of the molecule is CCCC(CO)(CNC(=O)OC(C)(C)C)Cc1cccc(F)c1Br. The first-order valence-electron chi connectivity index (χ1n) is 8.13. The molecule has 0 aliphatic carbocycles. The van der Waals surface area contributed by atoms with Crippen LogP contribution < -0.4 is 5.32 Å². The van der Waals surface area contributed by atoms with Gasteiger partial charge < -0.3 is 15.2 Å². The fourth-order valence-corrected chi connectivity index (χ4v) is 3.03. The van der Waals surface area contributed by atoms with Crippen LogP contribution in [0.1, 0.15) is 46.1 Å². The van der Waals surface area contributed by atoms with Crippen LogP contribution in [0.3, 0.4) is 0 Å². The van der Waals surface area contributed by atoms with Crippen LogP contribution in [0.15, 0.2) is 22.7 Å². The summed E-state index contributed by atoms with van der Waals surface area (Å²) in [5.74, 6) is -0.337. The van der Waals surface area contributed by atoms with Crippen molar-refractivity contribution in [2.75, 3.05) is 13.2 Å². The maximum Gasteiger partial charge on any atom is 0.407 e. The standard InChI is InChI=1S/C18H27BrFNO3/c1-5-9-18(12-22,11-21-16(23)24-17(2,3)4)10-13-7-6-8-14(20)15(13)19/h6-8,22H,5,9-12H2,1-4H3,(H,21,23). The smallest absolute Gasteiger partial charge is 0.407 e. The van der Waals surface area contributed by atoms with Crippen LogP contribution in [0.5, 0.6) is 0 Å². The predicted molar refractivity (Wildman–Crippen MR) is 96.5 cm³/mol. The Bertz CT molecular complexity index is 560. The predicted octanol–water partition coefficient (Wildman–Crippen LogP) is 4.43. The third kappa shape index (κ3) is 6.40. The number of hydrogen-bond donors (Lipinski definition) is 2. The Morgan fingerprint density at radius 1 is 1.38 bits per heavy atom. The van der Waals surface area contributed by atoms with Gasteiger partial charge in [0.05, 0.1) is 11.1 Å². The number of benzene rings is 1. The van der Waals surface area contributed by atoms with Crippen LogP contribution in [-0.4, -0.2) is 30.0 Å². The molecule has 24 heavy (non-hydrogen) atoms. The van der Waals surface area contributed by atoms with Crippen LogP contribution >= 0.6 is 15.9 Å². The molecule has 1 atom stereocenters. The number of ether oxygens (including phenoxy) is 1. The molecule has 1 rings (SSSR count). The van der Waals surface area contributed by atoms with Gasteiger partial charge in [0.15, 0.2) is 0 Å². The molecule has 1 unspecified atom stereocenters. The molecule has 0 saturated heterocycles. The van der Waals surface area contributed by atoms with Crippen molar-refractivity contribution in [3.05, 3.63) is 34.1 Å². The summed E-state index contributed by atoms with van der Waals surface area (Å²) < 4.78 is 19.4. The van der Waals surface area contributed by atoms with Gasteiger partial charge in [-0.05, 0) is 61.2 Å². The van der Waals surface area contributed by atoms with Gasteiger partial charge in [-0.3, -0.25) is 0 Å². The summed E-state index contributed by atoms with van der Waals surface area (Å²) in [6.45, 7) is 7.54. The van der Waals surface area contributed by atoms with Gasteiger partial charge >= 0.3 is 6.09 Å². The van der Waals surface area contributed by atoms with Gasteiger partial charge in [0.2, 0.25) is 0 Å². The zero-order valence-corrected chi connectivity index (χ0v) is 16.4. The normalized spacial score (nSPS) is 14.1. The minimum absolute atomic E-state index is 0.112. The van der Waals surface area contributed by atoms with Gasteiger partial charge in [-0.25, -0.2) is 9.18 Å². The lowest BCUT2D eigenvalue weighted by molar-refractivity contribution is 0.0455. The Morgan fingerprint density at radius 3 is 2.58 bits per heavy atom. The first kappa shape index (κ1) is 20.9. The first-order chi connectivity index (χ1) is 11.1. The van der Waals surface area contributed by atoms with E-state index in [1.54, 1.807) is 26.8 Å². The molecule has 4 nitrogen and oxygen atoms in total. The number of amides is 1. The number of aliphatic hydroxyl groups excluding tert-OH is 1. The molecule has 1 amide bonds. The van der Waals surface area contributed by atoms with Gasteiger partial charge in [-0.15, -0.1) is 0 Å². The summed E-state index contributed by atoms with van der Waals surface area (Å²) in [5, 5.41) is 12.7. The first-order valence-corrected chi connectivity index (χ1v) is 8.92. The molecule has 0 aromatic heterocycles. The van der Waals surface area contributed by atoms with Crippen molar-refractivity contribution in [3.8, 4) is 0 Å². The van der Waals surface area contributed by atoms with Crippen LogP contribution in [0.4, 0.5) is 9.18 Å². The molecule has 136 valence electrons. The molecule has 2 N–H and O–H groups in total. The summed E-state index contributed by atoms with van der Waals surface area (Å²) in [6, 6.07) is 4.85.